The number of anilines is 1. The Kier molecular flexibility index (Phi) is 10.1. The average Bonchev–Trinajstić information content (AvgIpc) is 2.78. The number of aryl methyl sites for hydroxylation is 2. The molecule has 8 heteroatoms. The smallest absolute Gasteiger partial charge is 0.242 e. The molecule has 2 aromatic rings. The highest BCUT2D eigenvalue weighted by molar-refractivity contribution is 7.92. The van der Waals surface area contributed by atoms with Crippen LogP contribution in [0.25, 0.3) is 0 Å². The van der Waals surface area contributed by atoms with Crippen LogP contribution in [0.2, 0.25) is 0 Å². The van der Waals surface area contributed by atoms with Crippen LogP contribution in [0.1, 0.15) is 49.8 Å². The zero-order chi connectivity index (χ0) is 25.3. The van der Waals surface area contributed by atoms with Crippen LogP contribution < -0.4 is 9.62 Å². The number of nitrogens with one attached hydrogen (secondary N) is 1. The summed E-state index contributed by atoms with van der Waals surface area (Å²) in [5.74, 6) is -0.347. The van der Waals surface area contributed by atoms with Gasteiger partial charge in [0.25, 0.3) is 0 Å². The van der Waals surface area contributed by atoms with Gasteiger partial charge in [-0.05, 0) is 50.8 Å². The number of hydrogen-bond donors (Lipinski definition) is 1. The summed E-state index contributed by atoms with van der Waals surface area (Å²) in [6.45, 7) is 8.59. The number of nitrogens with zero attached hydrogens (tertiary/aromatic N) is 2. The fourth-order valence-electron chi connectivity index (χ4n) is 3.93. The van der Waals surface area contributed by atoms with Crippen molar-refractivity contribution < 1.29 is 18.0 Å². The highest BCUT2D eigenvalue weighted by Gasteiger charge is 2.28. The molecule has 0 radical (unpaired) electrons. The predicted octanol–water partition coefficient (Wildman–Crippen LogP) is 3.79. The van der Waals surface area contributed by atoms with Crippen molar-refractivity contribution in [2.24, 2.45) is 0 Å². The molecule has 2 aromatic carbocycles. The number of carbonyl (C=O) groups is 2. The molecule has 0 aliphatic carbocycles. The number of sulfonamides is 1. The van der Waals surface area contributed by atoms with E-state index >= 15 is 0 Å². The third-order valence-electron chi connectivity index (χ3n) is 5.75. The maximum absolute atomic E-state index is 13.3. The molecule has 1 N–H and O–H groups in total. The molecule has 0 spiro atoms. The van der Waals surface area contributed by atoms with Gasteiger partial charge in [0.2, 0.25) is 21.8 Å². The molecule has 0 fully saturated rings. The normalized spacial score (nSPS) is 12.1. The van der Waals surface area contributed by atoms with Gasteiger partial charge in [-0.15, -0.1) is 0 Å². The van der Waals surface area contributed by atoms with Crippen LogP contribution in [0.15, 0.2) is 48.5 Å². The molecule has 0 unspecified atom stereocenters. The van der Waals surface area contributed by atoms with Crippen LogP contribution in [0, 0.1) is 13.8 Å². The minimum atomic E-state index is -3.51. The molecule has 34 heavy (non-hydrogen) atoms. The zero-order valence-electron chi connectivity index (χ0n) is 20.9. The Hall–Kier alpha value is -2.87. The minimum Gasteiger partial charge on any atom is -0.355 e. The third-order valence-corrected chi connectivity index (χ3v) is 6.93. The number of likely N-dealkylation sites (N-methyl/N-ethyl adjacent to an activating group) is 1. The maximum Gasteiger partial charge on any atom is 0.242 e. The van der Waals surface area contributed by atoms with Crippen molar-refractivity contribution in [2.75, 3.05) is 23.7 Å². The van der Waals surface area contributed by atoms with E-state index in [4.69, 9.17) is 0 Å². The predicted molar refractivity (Wildman–Crippen MR) is 137 cm³/mol. The lowest BCUT2D eigenvalue weighted by Gasteiger charge is -2.31. The lowest BCUT2D eigenvalue weighted by atomic mass is 10.1. The number of rotatable bonds is 12. The Bertz CT molecular complexity index is 1070. The van der Waals surface area contributed by atoms with Crippen LogP contribution in [0.5, 0.6) is 0 Å². The summed E-state index contributed by atoms with van der Waals surface area (Å²) in [6, 6.07) is 14.6. The summed E-state index contributed by atoms with van der Waals surface area (Å²) in [6.07, 6.45) is 2.14. The van der Waals surface area contributed by atoms with Crippen molar-refractivity contribution in [3.05, 3.63) is 65.2 Å². The minimum absolute atomic E-state index is 0.139. The van der Waals surface area contributed by atoms with E-state index in [1.165, 1.54) is 10.6 Å². The Morgan fingerprint density at radius 1 is 1.00 bits per heavy atom. The Labute approximate surface area is 204 Å². The van der Waals surface area contributed by atoms with E-state index < -0.39 is 16.1 Å². The first-order valence-electron chi connectivity index (χ1n) is 11.7. The van der Waals surface area contributed by atoms with Crippen molar-refractivity contribution in [1.82, 2.24) is 10.2 Å². The van der Waals surface area contributed by atoms with E-state index in [-0.39, 0.29) is 24.8 Å². The van der Waals surface area contributed by atoms with Gasteiger partial charge in [-0.3, -0.25) is 13.9 Å². The van der Waals surface area contributed by atoms with Crippen LogP contribution >= 0.6 is 0 Å². The lowest BCUT2D eigenvalue weighted by Crippen LogP contribution is -2.49. The Balaban J connectivity index is 2.20. The molecular formula is C26H37N3O4S. The third kappa shape index (κ3) is 7.58. The molecule has 0 heterocycles. The molecule has 186 valence electrons. The quantitative estimate of drug-likeness (QED) is 0.493. The molecule has 2 amide bonds. The van der Waals surface area contributed by atoms with E-state index in [0.717, 1.165) is 16.7 Å². The van der Waals surface area contributed by atoms with Crippen molar-refractivity contribution in [3.8, 4) is 0 Å². The van der Waals surface area contributed by atoms with Crippen LogP contribution in [-0.2, 0) is 26.2 Å². The van der Waals surface area contributed by atoms with Gasteiger partial charge in [-0.2, -0.15) is 0 Å². The highest BCUT2D eigenvalue weighted by Crippen LogP contribution is 2.23. The standard InChI is InChI=1S/C26H37N3O4S/c1-6-23(26(31)27-7-2)28(19-22-16-14-20(3)15-17-22)25(30)13-10-18-29(34(5,32)33)24-12-9-8-11-21(24)4/h8-9,11-12,14-17,23H,6-7,10,13,18-19H2,1-5H3,(H,27,31)/t23-/m1/s1. The van der Waals surface area contributed by atoms with Gasteiger partial charge in [0.05, 0.1) is 11.9 Å². The Morgan fingerprint density at radius 2 is 1.65 bits per heavy atom. The zero-order valence-corrected chi connectivity index (χ0v) is 21.7. The number of benzene rings is 2. The van der Waals surface area contributed by atoms with Crippen molar-refractivity contribution in [1.29, 1.82) is 0 Å². The number of hydrogen-bond acceptors (Lipinski definition) is 4. The summed E-state index contributed by atoms with van der Waals surface area (Å²) >= 11 is 0. The van der Waals surface area contributed by atoms with E-state index in [9.17, 15) is 18.0 Å². The summed E-state index contributed by atoms with van der Waals surface area (Å²) in [5, 5.41) is 2.83. The van der Waals surface area contributed by atoms with Crippen molar-refractivity contribution in [2.45, 2.75) is 59.5 Å². The van der Waals surface area contributed by atoms with Gasteiger partial charge in [-0.25, -0.2) is 8.42 Å². The molecule has 0 bridgehead atoms. The molecule has 1 atom stereocenters. The molecule has 0 aromatic heterocycles. The van der Waals surface area contributed by atoms with Gasteiger partial charge in [0, 0.05) is 26.1 Å². The number of para-hydroxylation sites is 1. The molecule has 0 saturated carbocycles. The van der Waals surface area contributed by atoms with Gasteiger partial charge in [0.15, 0.2) is 0 Å². The van der Waals surface area contributed by atoms with Gasteiger partial charge in [-0.1, -0.05) is 55.0 Å². The van der Waals surface area contributed by atoms with E-state index in [2.05, 4.69) is 5.32 Å². The molecule has 2 rings (SSSR count). The van der Waals surface area contributed by atoms with Gasteiger partial charge < -0.3 is 10.2 Å². The van der Waals surface area contributed by atoms with Crippen LogP contribution in [0.3, 0.4) is 0 Å². The fourth-order valence-corrected chi connectivity index (χ4v) is 4.95. The summed E-state index contributed by atoms with van der Waals surface area (Å²) in [7, 11) is -3.51. The second kappa shape index (κ2) is 12.6. The molecule has 0 saturated heterocycles. The van der Waals surface area contributed by atoms with Crippen molar-refractivity contribution in [3.63, 3.8) is 0 Å². The largest absolute Gasteiger partial charge is 0.355 e. The summed E-state index contributed by atoms with van der Waals surface area (Å²) in [5.41, 5.74) is 3.53. The molecule has 7 nitrogen and oxygen atoms in total. The first kappa shape index (κ1) is 27.4. The first-order chi connectivity index (χ1) is 16.1. The number of carbonyl (C=O) groups excluding carboxylic acids is 2. The molecule has 0 aliphatic rings. The fraction of sp³-hybridized carbons (Fsp3) is 0.462. The molecular weight excluding hydrogens is 450 g/mol. The number of amides is 2. The molecule has 0 aliphatic heterocycles. The lowest BCUT2D eigenvalue weighted by molar-refractivity contribution is -0.141. The van der Waals surface area contributed by atoms with Gasteiger partial charge >= 0.3 is 0 Å². The van der Waals surface area contributed by atoms with E-state index in [1.807, 2.05) is 64.1 Å². The SMILES string of the molecule is CCNC(=O)[C@@H](CC)N(Cc1ccc(C)cc1)C(=O)CCCN(c1ccccc1C)S(C)(=O)=O. The van der Waals surface area contributed by atoms with Crippen molar-refractivity contribution >= 4 is 27.5 Å². The van der Waals surface area contributed by atoms with Gasteiger partial charge in [0.1, 0.15) is 6.04 Å². The summed E-state index contributed by atoms with van der Waals surface area (Å²) in [4.78, 5) is 27.7. The Morgan fingerprint density at radius 3 is 2.21 bits per heavy atom. The summed E-state index contributed by atoms with van der Waals surface area (Å²) < 4.78 is 26.3. The van der Waals surface area contributed by atoms with Crippen LogP contribution in [0.4, 0.5) is 5.69 Å². The maximum atomic E-state index is 13.3. The second-order valence-corrected chi connectivity index (χ2v) is 10.5. The van der Waals surface area contributed by atoms with E-state index in [1.54, 1.807) is 17.0 Å². The second-order valence-electron chi connectivity index (χ2n) is 8.55. The monoisotopic (exact) mass is 487 g/mol. The highest BCUT2D eigenvalue weighted by atomic mass is 32.2. The van der Waals surface area contributed by atoms with E-state index in [0.29, 0.717) is 31.6 Å². The average molecular weight is 488 g/mol. The van der Waals surface area contributed by atoms with Crippen LogP contribution in [-0.4, -0.2) is 50.5 Å². The topological polar surface area (TPSA) is 86.8 Å². The first-order valence-corrected chi connectivity index (χ1v) is 13.6.